The van der Waals surface area contributed by atoms with Gasteiger partial charge in [-0.05, 0) is 31.7 Å². The molecule has 1 amide bonds. The van der Waals surface area contributed by atoms with Gasteiger partial charge in [-0.2, -0.15) is 0 Å². The van der Waals surface area contributed by atoms with E-state index in [2.05, 4.69) is 13.5 Å². The van der Waals surface area contributed by atoms with Gasteiger partial charge in [-0.1, -0.05) is 42.5 Å². The number of rotatable bonds is 2. The molecular weight excluding hydrogens is 238 g/mol. The molecule has 0 bridgehead atoms. The lowest BCUT2D eigenvalue weighted by Crippen LogP contribution is -2.38. The molecule has 1 aromatic rings. The Kier molecular flexibility index (Phi) is 4.61. The van der Waals surface area contributed by atoms with Crippen molar-refractivity contribution in [2.24, 2.45) is 0 Å². The number of nitrogens with zero attached hydrogens (tertiary/aromatic N) is 1. The normalized spacial score (nSPS) is 19.9. The van der Waals surface area contributed by atoms with Gasteiger partial charge in [0.25, 0.3) is 0 Å². The number of amides is 1. The molecule has 2 rings (SSSR count). The minimum Gasteiger partial charge on any atom is -0.445 e. The minimum absolute atomic E-state index is 0.179. The zero-order valence-electron chi connectivity index (χ0n) is 11.5. The fourth-order valence-electron chi connectivity index (χ4n) is 2.42. The smallest absolute Gasteiger partial charge is 0.410 e. The lowest BCUT2D eigenvalue weighted by Gasteiger charge is -2.26. The summed E-state index contributed by atoms with van der Waals surface area (Å²) >= 11 is 0. The maximum Gasteiger partial charge on any atom is 0.410 e. The number of benzene rings is 1. The van der Waals surface area contributed by atoms with Crippen molar-refractivity contribution in [3.05, 3.63) is 48.0 Å². The van der Waals surface area contributed by atoms with Crippen LogP contribution in [0, 0.1) is 0 Å². The van der Waals surface area contributed by atoms with E-state index in [1.165, 1.54) is 5.57 Å². The second-order valence-electron chi connectivity index (χ2n) is 5.14. The first-order valence-electron chi connectivity index (χ1n) is 6.81. The Morgan fingerprint density at radius 1 is 1.42 bits per heavy atom. The van der Waals surface area contributed by atoms with Gasteiger partial charge in [0.2, 0.25) is 0 Å². The molecule has 0 aliphatic carbocycles. The molecule has 1 aromatic carbocycles. The van der Waals surface area contributed by atoms with Gasteiger partial charge < -0.3 is 9.64 Å². The Hall–Kier alpha value is -1.77. The van der Waals surface area contributed by atoms with Crippen LogP contribution in [0.4, 0.5) is 4.79 Å². The molecular formula is C16H21NO2. The van der Waals surface area contributed by atoms with Crippen LogP contribution in [0.5, 0.6) is 0 Å². The van der Waals surface area contributed by atoms with Gasteiger partial charge in [0.05, 0.1) is 0 Å². The van der Waals surface area contributed by atoms with Crippen LogP contribution in [0.2, 0.25) is 0 Å². The van der Waals surface area contributed by atoms with Crippen LogP contribution in [0.3, 0.4) is 0 Å². The van der Waals surface area contributed by atoms with Crippen LogP contribution in [-0.2, 0) is 11.3 Å². The Morgan fingerprint density at radius 3 is 2.89 bits per heavy atom. The van der Waals surface area contributed by atoms with Crippen LogP contribution < -0.4 is 0 Å². The van der Waals surface area contributed by atoms with Crippen molar-refractivity contribution in [1.82, 2.24) is 4.90 Å². The van der Waals surface area contributed by atoms with E-state index in [4.69, 9.17) is 4.74 Å². The molecule has 19 heavy (non-hydrogen) atoms. The summed E-state index contributed by atoms with van der Waals surface area (Å²) in [5.41, 5.74) is 2.24. The molecule has 3 heteroatoms. The maximum atomic E-state index is 12.1. The van der Waals surface area contributed by atoms with E-state index >= 15 is 0 Å². The number of carbonyl (C=O) groups excluding carboxylic acids is 1. The molecule has 102 valence electrons. The van der Waals surface area contributed by atoms with E-state index < -0.39 is 0 Å². The summed E-state index contributed by atoms with van der Waals surface area (Å²) in [6, 6.07) is 9.94. The summed E-state index contributed by atoms with van der Waals surface area (Å²) in [5.74, 6) is 0. The molecule has 0 radical (unpaired) electrons. The molecule has 3 nitrogen and oxygen atoms in total. The largest absolute Gasteiger partial charge is 0.445 e. The van der Waals surface area contributed by atoms with Crippen molar-refractivity contribution in [2.75, 3.05) is 6.54 Å². The van der Waals surface area contributed by atoms with Crippen molar-refractivity contribution in [2.45, 2.75) is 38.8 Å². The van der Waals surface area contributed by atoms with Crippen molar-refractivity contribution in [3.8, 4) is 0 Å². The zero-order chi connectivity index (χ0) is 13.7. The summed E-state index contributed by atoms with van der Waals surface area (Å²) in [4.78, 5) is 13.9. The highest BCUT2D eigenvalue weighted by Gasteiger charge is 2.24. The molecule has 0 aromatic heterocycles. The second kappa shape index (κ2) is 6.41. The van der Waals surface area contributed by atoms with Gasteiger partial charge in [-0.15, -0.1) is 0 Å². The quantitative estimate of drug-likeness (QED) is 0.757. The summed E-state index contributed by atoms with van der Waals surface area (Å²) in [6.07, 6.45) is 2.64. The Labute approximate surface area is 114 Å². The molecule has 1 aliphatic rings. The highest BCUT2D eigenvalue weighted by molar-refractivity contribution is 5.68. The van der Waals surface area contributed by atoms with Gasteiger partial charge in [0, 0.05) is 12.6 Å². The van der Waals surface area contributed by atoms with Crippen LogP contribution in [0.1, 0.15) is 31.7 Å². The van der Waals surface area contributed by atoms with E-state index in [-0.39, 0.29) is 12.1 Å². The topological polar surface area (TPSA) is 29.5 Å². The van der Waals surface area contributed by atoms with E-state index in [1.807, 2.05) is 35.2 Å². The van der Waals surface area contributed by atoms with E-state index in [0.29, 0.717) is 6.61 Å². The molecule has 1 saturated heterocycles. The first-order chi connectivity index (χ1) is 9.16. The first-order valence-corrected chi connectivity index (χ1v) is 6.81. The predicted molar refractivity (Wildman–Crippen MR) is 75.8 cm³/mol. The fourth-order valence-corrected chi connectivity index (χ4v) is 2.42. The van der Waals surface area contributed by atoms with Crippen LogP contribution in [0.15, 0.2) is 42.5 Å². The lowest BCUT2D eigenvalue weighted by molar-refractivity contribution is 0.0849. The van der Waals surface area contributed by atoms with Crippen LogP contribution in [-0.4, -0.2) is 23.6 Å². The summed E-state index contributed by atoms with van der Waals surface area (Å²) < 4.78 is 5.39. The minimum atomic E-state index is -0.217. The number of carbonyl (C=O) groups is 1. The molecule has 0 spiro atoms. The number of likely N-dealkylation sites (tertiary alicyclic amines) is 1. The average Bonchev–Trinajstić information content (AvgIpc) is 2.58. The summed E-state index contributed by atoms with van der Waals surface area (Å²) in [5, 5.41) is 0. The summed E-state index contributed by atoms with van der Waals surface area (Å²) in [6.45, 7) is 7.18. The monoisotopic (exact) mass is 259 g/mol. The number of ether oxygens (including phenoxy) is 1. The molecule has 1 atom stereocenters. The molecule has 1 heterocycles. The SMILES string of the molecule is C=C1CCCN(C(=O)OCc2ccccc2)C(C)C1. The highest BCUT2D eigenvalue weighted by Crippen LogP contribution is 2.21. The number of hydrogen-bond acceptors (Lipinski definition) is 2. The highest BCUT2D eigenvalue weighted by atomic mass is 16.6. The van der Waals surface area contributed by atoms with Gasteiger partial charge in [-0.3, -0.25) is 0 Å². The third kappa shape index (κ3) is 3.85. The van der Waals surface area contributed by atoms with Crippen LogP contribution >= 0.6 is 0 Å². The lowest BCUT2D eigenvalue weighted by atomic mass is 10.1. The zero-order valence-corrected chi connectivity index (χ0v) is 11.5. The van der Waals surface area contributed by atoms with Crippen molar-refractivity contribution in [1.29, 1.82) is 0 Å². The van der Waals surface area contributed by atoms with E-state index in [1.54, 1.807) is 0 Å². The fraction of sp³-hybridized carbons (Fsp3) is 0.438. The van der Waals surface area contributed by atoms with Crippen molar-refractivity contribution < 1.29 is 9.53 Å². The molecule has 1 fully saturated rings. The molecule has 0 saturated carbocycles. The Balaban J connectivity index is 1.90. The number of hydrogen-bond donors (Lipinski definition) is 0. The summed E-state index contributed by atoms with van der Waals surface area (Å²) in [7, 11) is 0. The third-order valence-electron chi connectivity index (χ3n) is 3.49. The Bertz CT molecular complexity index is 441. The van der Waals surface area contributed by atoms with E-state index in [9.17, 15) is 4.79 Å². The molecule has 1 unspecified atom stereocenters. The second-order valence-corrected chi connectivity index (χ2v) is 5.14. The van der Waals surface area contributed by atoms with Crippen molar-refractivity contribution >= 4 is 6.09 Å². The Morgan fingerprint density at radius 2 is 2.16 bits per heavy atom. The van der Waals surface area contributed by atoms with Gasteiger partial charge >= 0.3 is 6.09 Å². The first kappa shape index (κ1) is 13.7. The predicted octanol–water partition coefficient (Wildman–Crippen LogP) is 3.75. The average molecular weight is 259 g/mol. The molecule has 0 N–H and O–H groups in total. The van der Waals surface area contributed by atoms with Gasteiger partial charge in [0.1, 0.15) is 6.61 Å². The standard InChI is InChI=1S/C16H21NO2/c1-13-7-6-10-17(14(2)11-13)16(18)19-12-15-8-4-3-5-9-15/h3-5,8-9,14H,1,6-7,10-12H2,2H3. The van der Waals surface area contributed by atoms with Gasteiger partial charge in [-0.25, -0.2) is 4.79 Å². The third-order valence-corrected chi connectivity index (χ3v) is 3.49. The van der Waals surface area contributed by atoms with Crippen molar-refractivity contribution in [3.63, 3.8) is 0 Å². The van der Waals surface area contributed by atoms with Gasteiger partial charge in [0.15, 0.2) is 0 Å². The molecule has 1 aliphatic heterocycles. The van der Waals surface area contributed by atoms with Crippen LogP contribution in [0.25, 0.3) is 0 Å². The maximum absolute atomic E-state index is 12.1. The van der Waals surface area contributed by atoms with E-state index in [0.717, 1.165) is 31.4 Å².